The summed E-state index contributed by atoms with van der Waals surface area (Å²) in [6.45, 7) is 2.05. The van der Waals surface area contributed by atoms with Gasteiger partial charge in [0.25, 0.3) is 0 Å². The predicted octanol–water partition coefficient (Wildman–Crippen LogP) is 1.88. The molecule has 1 N–H and O–H groups in total. The van der Waals surface area contributed by atoms with Gasteiger partial charge in [-0.3, -0.25) is 4.98 Å². The van der Waals surface area contributed by atoms with E-state index >= 15 is 0 Å². The first-order valence-corrected chi connectivity index (χ1v) is 5.01. The van der Waals surface area contributed by atoms with E-state index in [9.17, 15) is 0 Å². The minimum atomic E-state index is 0.965. The Balaban J connectivity index is 2.34. The first-order chi connectivity index (χ1) is 6.95. The summed E-state index contributed by atoms with van der Waals surface area (Å²) in [5, 5.41) is 4.69. The third-order valence-electron chi connectivity index (χ3n) is 2.84. The zero-order valence-electron chi connectivity index (χ0n) is 7.96. The third kappa shape index (κ3) is 1.11. The van der Waals surface area contributed by atoms with Crippen molar-refractivity contribution in [2.45, 2.75) is 13.0 Å². The van der Waals surface area contributed by atoms with Gasteiger partial charge in [-0.2, -0.15) is 0 Å². The van der Waals surface area contributed by atoms with E-state index < -0.39 is 0 Å². The highest BCUT2D eigenvalue weighted by molar-refractivity contribution is 5.83. The smallest absolute Gasteiger partial charge is 0.0704 e. The molecular formula is C12H12N2. The number of fused-ring (bicyclic) bond motifs is 3. The van der Waals surface area contributed by atoms with Gasteiger partial charge in [0.15, 0.2) is 0 Å². The van der Waals surface area contributed by atoms with Crippen LogP contribution in [0.3, 0.4) is 0 Å². The van der Waals surface area contributed by atoms with Crippen molar-refractivity contribution in [2.75, 3.05) is 6.54 Å². The highest BCUT2D eigenvalue weighted by atomic mass is 14.9. The minimum absolute atomic E-state index is 0.965. The van der Waals surface area contributed by atoms with E-state index in [1.807, 2.05) is 12.3 Å². The maximum Gasteiger partial charge on any atom is 0.0704 e. The lowest BCUT2D eigenvalue weighted by molar-refractivity contribution is 0.645. The first kappa shape index (κ1) is 7.94. The van der Waals surface area contributed by atoms with Crippen molar-refractivity contribution < 1.29 is 0 Å². The monoisotopic (exact) mass is 184 g/mol. The van der Waals surface area contributed by atoms with E-state index in [1.54, 1.807) is 0 Å². The second-order valence-corrected chi connectivity index (χ2v) is 3.71. The van der Waals surface area contributed by atoms with Gasteiger partial charge in [-0.05, 0) is 30.2 Å². The Hall–Kier alpha value is -1.41. The van der Waals surface area contributed by atoms with Gasteiger partial charge in [0.1, 0.15) is 0 Å². The number of nitrogens with zero attached hydrogens (tertiary/aromatic N) is 1. The average molecular weight is 184 g/mol. The second kappa shape index (κ2) is 3.07. The quantitative estimate of drug-likeness (QED) is 0.676. The summed E-state index contributed by atoms with van der Waals surface area (Å²) >= 11 is 0. The molecule has 2 aromatic rings. The Morgan fingerprint density at radius 2 is 2.14 bits per heavy atom. The number of hydrogen-bond acceptors (Lipinski definition) is 2. The van der Waals surface area contributed by atoms with Crippen LogP contribution in [0.4, 0.5) is 0 Å². The predicted molar refractivity (Wildman–Crippen MR) is 57.2 cm³/mol. The molecule has 0 bridgehead atoms. The van der Waals surface area contributed by atoms with Crippen molar-refractivity contribution >= 4 is 10.9 Å². The van der Waals surface area contributed by atoms with Crippen LogP contribution in [0, 0.1) is 0 Å². The molecule has 0 saturated heterocycles. The molecule has 0 unspecified atom stereocenters. The third-order valence-corrected chi connectivity index (χ3v) is 2.84. The average Bonchev–Trinajstić information content (AvgIpc) is 2.29. The van der Waals surface area contributed by atoms with Gasteiger partial charge in [-0.1, -0.05) is 18.2 Å². The second-order valence-electron chi connectivity index (χ2n) is 3.71. The van der Waals surface area contributed by atoms with E-state index in [4.69, 9.17) is 0 Å². The van der Waals surface area contributed by atoms with Crippen molar-refractivity contribution in [2.24, 2.45) is 0 Å². The van der Waals surface area contributed by atoms with Gasteiger partial charge >= 0.3 is 0 Å². The summed E-state index contributed by atoms with van der Waals surface area (Å²) in [6, 6.07) is 8.39. The van der Waals surface area contributed by atoms with Gasteiger partial charge in [0.2, 0.25) is 0 Å². The standard InChI is InChI=1S/C12H12N2/c1-2-4-12-11(3-1)10-5-6-13-7-9(10)8-14-12/h1-4,8,13H,5-7H2. The molecule has 14 heavy (non-hydrogen) atoms. The van der Waals surface area contributed by atoms with E-state index in [-0.39, 0.29) is 0 Å². The van der Waals surface area contributed by atoms with Crippen LogP contribution in [0.1, 0.15) is 11.1 Å². The molecule has 1 aliphatic heterocycles. The SMILES string of the molecule is c1ccc2c3c(cnc2c1)CNCC3. The molecule has 3 rings (SSSR count). The van der Waals surface area contributed by atoms with Gasteiger partial charge in [-0.15, -0.1) is 0 Å². The number of hydrogen-bond donors (Lipinski definition) is 1. The molecule has 0 atom stereocenters. The Morgan fingerprint density at radius 1 is 1.21 bits per heavy atom. The van der Waals surface area contributed by atoms with Crippen LogP contribution in [-0.4, -0.2) is 11.5 Å². The fraction of sp³-hybridized carbons (Fsp3) is 0.250. The highest BCUT2D eigenvalue weighted by Crippen LogP contribution is 2.22. The molecule has 0 saturated carbocycles. The van der Waals surface area contributed by atoms with Crippen molar-refractivity contribution in [3.8, 4) is 0 Å². The van der Waals surface area contributed by atoms with Gasteiger partial charge in [-0.25, -0.2) is 0 Å². The maximum atomic E-state index is 4.45. The Kier molecular flexibility index (Phi) is 1.74. The number of aromatic nitrogens is 1. The normalized spacial score (nSPS) is 15.4. The number of benzene rings is 1. The summed E-state index contributed by atoms with van der Waals surface area (Å²) in [6.07, 6.45) is 3.13. The summed E-state index contributed by atoms with van der Waals surface area (Å²) in [5.41, 5.74) is 3.96. The van der Waals surface area contributed by atoms with Gasteiger partial charge in [0.05, 0.1) is 5.52 Å². The summed E-state index contributed by atoms with van der Waals surface area (Å²) < 4.78 is 0. The summed E-state index contributed by atoms with van der Waals surface area (Å²) in [4.78, 5) is 4.45. The van der Waals surface area contributed by atoms with Crippen molar-refractivity contribution in [1.82, 2.24) is 10.3 Å². The van der Waals surface area contributed by atoms with Crippen LogP contribution in [0.15, 0.2) is 30.5 Å². The molecule has 0 amide bonds. The topological polar surface area (TPSA) is 24.9 Å². The van der Waals surface area contributed by atoms with Crippen LogP contribution in [0.2, 0.25) is 0 Å². The molecule has 1 aliphatic rings. The summed E-state index contributed by atoms with van der Waals surface area (Å²) in [7, 11) is 0. The fourth-order valence-electron chi connectivity index (χ4n) is 2.12. The van der Waals surface area contributed by atoms with Crippen LogP contribution in [-0.2, 0) is 13.0 Å². The zero-order valence-corrected chi connectivity index (χ0v) is 7.96. The largest absolute Gasteiger partial charge is 0.312 e. The maximum absolute atomic E-state index is 4.45. The number of nitrogens with one attached hydrogen (secondary N) is 1. The van der Waals surface area contributed by atoms with Gasteiger partial charge < -0.3 is 5.32 Å². The Bertz CT molecular complexity index is 477. The lowest BCUT2D eigenvalue weighted by Crippen LogP contribution is -2.23. The summed E-state index contributed by atoms with van der Waals surface area (Å²) in [5.74, 6) is 0. The van der Waals surface area contributed by atoms with E-state index in [1.165, 1.54) is 16.5 Å². The molecule has 0 fully saturated rings. The first-order valence-electron chi connectivity index (χ1n) is 5.01. The van der Waals surface area contributed by atoms with Crippen molar-refractivity contribution in [3.05, 3.63) is 41.6 Å². The molecular weight excluding hydrogens is 172 g/mol. The molecule has 2 heteroatoms. The molecule has 1 aromatic carbocycles. The molecule has 0 aliphatic carbocycles. The number of pyridine rings is 1. The molecule has 2 heterocycles. The number of para-hydroxylation sites is 1. The van der Waals surface area contributed by atoms with E-state index in [0.29, 0.717) is 0 Å². The van der Waals surface area contributed by atoms with Crippen LogP contribution >= 0.6 is 0 Å². The Labute approximate surface area is 83.0 Å². The molecule has 2 nitrogen and oxygen atoms in total. The van der Waals surface area contributed by atoms with Crippen LogP contribution < -0.4 is 5.32 Å². The Morgan fingerprint density at radius 3 is 3.14 bits per heavy atom. The minimum Gasteiger partial charge on any atom is -0.312 e. The van der Waals surface area contributed by atoms with Crippen LogP contribution in [0.5, 0.6) is 0 Å². The van der Waals surface area contributed by atoms with E-state index in [2.05, 4.69) is 28.5 Å². The molecule has 70 valence electrons. The molecule has 1 aromatic heterocycles. The lowest BCUT2D eigenvalue weighted by Gasteiger charge is -2.18. The fourth-order valence-corrected chi connectivity index (χ4v) is 2.12. The molecule has 0 spiro atoms. The van der Waals surface area contributed by atoms with Crippen molar-refractivity contribution in [3.63, 3.8) is 0 Å². The van der Waals surface area contributed by atoms with E-state index in [0.717, 1.165) is 25.0 Å². The van der Waals surface area contributed by atoms with Crippen LogP contribution in [0.25, 0.3) is 10.9 Å². The zero-order chi connectivity index (χ0) is 9.38. The number of rotatable bonds is 0. The highest BCUT2D eigenvalue weighted by Gasteiger charge is 2.11. The lowest BCUT2D eigenvalue weighted by atomic mass is 9.98. The molecule has 0 radical (unpaired) electrons. The van der Waals surface area contributed by atoms with Gasteiger partial charge in [0, 0.05) is 18.1 Å². The van der Waals surface area contributed by atoms with Crippen molar-refractivity contribution in [1.29, 1.82) is 0 Å².